The third-order valence-corrected chi connectivity index (χ3v) is 4.15. The van der Waals surface area contributed by atoms with Crippen molar-refractivity contribution in [3.05, 3.63) is 0 Å². The fourth-order valence-corrected chi connectivity index (χ4v) is 3.16. The number of carbonyl (C=O) groups excluding carboxylic acids is 3. The number of nitrogens with zero attached hydrogens (tertiary/aromatic N) is 3. The molecule has 2 rings (SSSR count). The van der Waals surface area contributed by atoms with Crippen LogP contribution in [0.25, 0.3) is 0 Å². The predicted molar refractivity (Wildman–Crippen MR) is 95.6 cm³/mol. The number of alkyl carbamates (subject to hydrolysis) is 1. The van der Waals surface area contributed by atoms with E-state index < -0.39 is 52.7 Å². The van der Waals surface area contributed by atoms with Gasteiger partial charge in [-0.05, 0) is 20.8 Å². The molecule has 4 amide bonds. The van der Waals surface area contributed by atoms with Crippen LogP contribution < -0.4 is 11.1 Å². The fraction of sp³-hybridized carbons (Fsp3) is 0.714. The van der Waals surface area contributed by atoms with E-state index in [9.17, 15) is 22.8 Å². The standard InChI is InChI=1S/C14H23N5O9S/c1-14(2,3)27-12(21)16-5-8-4-9(17-26-7-11(15)20)10-6-18(8)13(22)19(10)28-29(23,24)25/h8,10H,4-7H2,1-3H3,(H2,15,20)(H,16,21)(H,23,24,25)/t8-,10-/m0/s1. The monoisotopic (exact) mass is 437 g/mol. The Morgan fingerprint density at radius 1 is 1.38 bits per heavy atom. The quantitative estimate of drug-likeness (QED) is 0.330. The maximum Gasteiger partial charge on any atom is 0.418 e. The van der Waals surface area contributed by atoms with Crippen molar-refractivity contribution >= 4 is 34.1 Å². The molecule has 164 valence electrons. The lowest BCUT2D eigenvalue weighted by atomic mass is 9.98. The Kier molecular flexibility index (Phi) is 6.54. The van der Waals surface area contributed by atoms with E-state index in [1.807, 2.05) is 0 Å². The van der Waals surface area contributed by atoms with E-state index in [-0.39, 0.29) is 25.2 Å². The Hall–Kier alpha value is -2.65. The van der Waals surface area contributed by atoms with Crippen molar-refractivity contribution in [1.29, 1.82) is 0 Å². The van der Waals surface area contributed by atoms with Gasteiger partial charge in [0.2, 0.25) is 0 Å². The van der Waals surface area contributed by atoms with E-state index in [1.54, 1.807) is 20.8 Å². The molecule has 0 aliphatic carbocycles. The zero-order chi connectivity index (χ0) is 22.0. The number of rotatable bonds is 7. The molecule has 4 N–H and O–H groups in total. The first-order valence-corrected chi connectivity index (χ1v) is 9.84. The Bertz CT molecular complexity index is 807. The molecule has 0 radical (unpaired) electrons. The minimum absolute atomic E-state index is 0.0398. The molecule has 2 fully saturated rings. The van der Waals surface area contributed by atoms with Gasteiger partial charge in [0.15, 0.2) is 6.61 Å². The summed E-state index contributed by atoms with van der Waals surface area (Å²) in [7, 11) is -4.98. The van der Waals surface area contributed by atoms with Crippen LogP contribution in [-0.4, -0.2) is 84.1 Å². The van der Waals surface area contributed by atoms with Gasteiger partial charge in [0.05, 0.1) is 18.3 Å². The molecule has 0 unspecified atom stereocenters. The highest BCUT2D eigenvalue weighted by molar-refractivity contribution is 7.80. The van der Waals surface area contributed by atoms with E-state index in [2.05, 4.69) is 14.8 Å². The second-order valence-electron chi connectivity index (χ2n) is 7.34. The van der Waals surface area contributed by atoms with Gasteiger partial charge in [-0.2, -0.15) is 13.5 Å². The van der Waals surface area contributed by atoms with E-state index in [0.29, 0.717) is 5.06 Å². The summed E-state index contributed by atoms with van der Waals surface area (Å²) in [5.41, 5.74) is 4.41. The van der Waals surface area contributed by atoms with Crippen molar-refractivity contribution in [2.24, 2.45) is 10.9 Å². The number of urea groups is 1. The van der Waals surface area contributed by atoms with Crippen molar-refractivity contribution in [2.45, 2.75) is 44.9 Å². The number of fused-ring (bicyclic) bond motifs is 2. The number of carbonyl (C=O) groups is 3. The molecular formula is C14H23N5O9S. The van der Waals surface area contributed by atoms with Crippen molar-refractivity contribution in [3.63, 3.8) is 0 Å². The van der Waals surface area contributed by atoms with E-state index in [4.69, 9.17) is 19.9 Å². The summed E-state index contributed by atoms with van der Waals surface area (Å²) in [5.74, 6) is -0.788. The molecule has 2 bridgehead atoms. The molecule has 2 atom stereocenters. The van der Waals surface area contributed by atoms with Crippen LogP contribution in [0.1, 0.15) is 27.2 Å². The first-order valence-electron chi connectivity index (χ1n) is 8.47. The first kappa shape index (κ1) is 22.6. The van der Waals surface area contributed by atoms with E-state index in [1.165, 1.54) is 4.90 Å². The summed E-state index contributed by atoms with van der Waals surface area (Å²) in [4.78, 5) is 41.3. The number of hydrogen-bond donors (Lipinski definition) is 3. The number of ether oxygens (including phenoxy) is 1. The number of primary amides is 1. The van der Waals surface area contributed by atoms with Crippen molar-refractivity contribution in [1.82, 2.24) is 15.3 Å². The van der Waals surface area contributed by atoms with Gasteiger partial charge in [0, 0.05) is 13.0 Å². The van der Waals surface area contributed by atoms with Crippen LogP contribution in [0.5, 0.6) is 0 Å². The van der Waals surface area contributed by atoms with Crippen LogP contribution >= 0.6 is 0 Å². The topological polar surface area (TPSA) is 190 Å². The minimum Gasteiger partial charge on any atom is -0.444 e. The minimum atomic E-state index is -4.98. The van der Waals surface area contributed by atoms with E-state index >= 15 is 0 Å². The van der Waals surface area contributed by atoms with Crippen LogP contribution in [-0.2, 0) is 29.1 Å². The molecule has 2 saturated heterocycles. The molecule has 0 aromatic rings. The summed E-state index contributed by atoms with van der Waals surface area (Å²) in [6, 6.07) is -2.49. The molecular weight excluding hydrogens is 414 g/mol. The summed E-state index contributed by atoms with van der Waals surface area (Å²) < 4.78 is 40.6. The lowest BCUT2D eigenvalue weighted by Crippen LogP contribution is -2.50. The molecule has 2 heterocycles. The first-order chi connectivity index (χ1) is 13.3. The largest absolute Gasteiger partial charge is 0.444 e. The van der Waals surface area contributed by atoms with Crippen LogP contribution in [0.15, 0.2) is 5.16 Å². The van der Waals surface area contributed by atoms with E-state index in [0.717, 1.165) is 0 Å². The van der Waals surface area contributed by atoms with Gasteiger partial charge < -0.3 is 25.5 Å². The van der Waals surface area contributed by atoms with Crippen LogP contribution in [0.4, 0.5) is 9.59 Å². The molecule has 14 nitrogen and oxygen atoms in total. The highest BCUT2D eigenvalue weighted by Gasteiger charge is 2.51. The number of piperidine rings is 1. The molecule has 0 saturated carbocycles. The average Bonchev–Trinajstić information content (AvgIpc) is 2.79. The number of amides is 4. The Morgan fingerprint density at radius 2 is 2.03 bits per heavy atom. The highest BCUT2D eigenvalue weighted by atomic mass is 32.3. The summed E-state index contributed by atoms with van der Waals surface area (Å²) in [5, 5.41) is 6.71. The average molecular weight is 437 g/mol. The second kappa shape index (κ2) is 8.38. The maximum absolute atomic E-state index is 12.5. The van der Waals surface area contributed by atoms with Gasteiger partial charge in [0.25, 0.3) is 5.91 Å². The van der Waals surface area contributed by atoms with Crippen LogP contribution in [0, 0.1) is 0 Å². The van der Waals surface area contributed by atoms with Crippen molar-refractivity contribution in [3.8, 4) is 0 Å². The van der Waals surface area contributed by atoms with Crippen LogP contribution in [0.2, 0.25) is 0 Å². The smallest absolute Gasteiger partial charge is 0.418 e. The number of oxime groups is 1. The van der Waals surface area contributed by atoms with Crippen molar-refractivity contribution < 1.29 is 41.2 Å². The summed E-state index contributed by atoms with van der Waals surface area (Å²) in [6.07, 6.45) is -0.642. The summed E-state index contributed by atoms with van der Waals surface area (Å²) >= 11 is 0. The van der Waals surface area contributed by atoms with Gasteiger partial charge in [0.1, 0.15) is 11.6 Å². The fourth-order valence-electron chi connectivity index (χ4n) is 2.79. The normalized spacial score (nSPS) is 23.3. The molecule has 29 heavy (non-hydrogen) atoms. The molecule has 15 heteroatoms. The molecule has 2 aliphatic rings. The number of hydrogen-bond acceptors (Lipinski definition) is 9. The van der Waals surface area contributed by atoms with Gasteiger partial charge in [-0.1, -0.05) is 5.16 Å². The zero-order valence-electron chi connectivity index (χ0n) is 16.0. The Morgan fingerprint density at radius 3 is 2.59 bits per heavy atom. The van der Waals surface area contributed by atoms with Gasteiger partial charge in [-0.3, -0.25) is 9.35 Å². The lowest BCUT2D eigenvalue weighted by Gasteiger charge is -2.31. The third kappa shape index (κ3) is 6.43. The SMILES string of the molecule is CC(C)(C)OC(=O)NC[C@@H]1CC(=NOCC(N)=O)[C@@H]2CN1C(=O)N2OS(=O)(=O)O. The Labute approximate surface area is 166 Å². The number of hydroxylamine groups is 2. The third-order valence-electron chi connectivity index (χ3n) is 3.80. The lowest BCUT2D eigenvalue weighted by molar-refractivity contribution is -0.122. The molecule has 0 aromatic heterocycles. The predicted octanol–water partition coefficient (Wildman–Crippen LogP) is -1.02. The second-order valence-corrected chi connectivity index (χ2v) is 8.35. The number of nitrogens with one attached hydrogen (secondary N) is 1. The highest BCUT2D eigenvalue weighted by Crippen LogP contribution is 2.29. The van der Waals surface area contributed by atoms with Gasteiger partial charge in [-0.25, -0.2) is 9.59 Å². The van der Waals surface area contributed by atoms with Crippen LogP contribution in [0.3, 0.4) is 0 Å². The maximum atomic E-state index is 12.5. The number of nitrogens with two attached hydrogens (primary N) is 1. The summed E-state index contributed by atoms with van der Waals surface area (Å²) in [6.45, 7) is 4.44. The van der Waals surface area contributed by atoms with Crippen molar-refractivity contribution in [2.75, 3.05) is 19.7 Å². The molecule has 0 spiro atoms. The van der Waals surface area contributed by atoms with Gasteiger partial charge in [-0.15, -0.1) is 4.28 Å². The molecule has 0 aromatic carbocycles. The Balaban J connectivity index is 2.17. The van der Waals surface area contributed by atoms with Gasteiger partial charge >= 0.3 is 22.5 Å². The zero-order valence-corrected chi connectivity index (χ0v) is 16.8. The molecule has 2 aliphatic heterocycles.